The Morgan fingerprint density at radius 1 is 1.13 bits per heavy atom. The minimum Gasteiger partial charge on any atom is -0.450 e. The fourth-order valence-corrected chi connectivity index (χ4v) is 3.67. The highest BCUT2D eigenvalue weighted by atomic mass is 32.1. The zero-order valence-corrected chi connectivity index (χ0v) is 19.3. The van der Waals surface area contributed by atoms with Crippen LogP contribution in [0.25, 0.3) is 11.3 Å². The number of benzene rings is 2. The summed E-state index contributed by atoms with van der Waals surface area (Å²) in [6.45, 7) is 10.7. The molecule has 6 nitrogen and oxygen atoms in total. The number of hydrogen-bond acceptors (Lipinski definition) is 6. The van der Waals surface area contributed by atoms with Gasteiger partial charge in [-0.2, -0.15) is 5.10 Å². The van der Waals surface area contributed by atoms with Gasteiger partial charge in [0, 0.05) is 5.56 Å². The van der Waals surface area contributed by atoms with E-state index in [1.54, 1.807) is 13.1 Å². The Morgan fingerprint density at radius 3 is 2.42 bits per heavy atom. The van der Waals surface area contributed by atoms with Gasteiger partial charge in [0.15, 0.2) is 0 Å². The predicted octanol–water partition coefficient (Wildman–Crippen LogP) is 6.43. The number of hydrazone groups is 1. The molecule has 0 unspecified atom stereocenters. The molecule has 31 heavy (non-hydrogen) atoms. The smallest absolute Gasteiger partial charge is 0.412 e. The highest BCUT2D eigenvalue weighted by Crippen LogP contribution is 2.36. The number of amides is 1. The lowest BCUT2D eigenvalue weighted by atomic mass is 9.87. The average molecular weight is 437 g/mol. The number of nitrogens with one attached hydrogen (secondary N) is 2. The fraction of sp³-hybridized carbons (Fsp3) is 0.292. The number of rotatable bonds is 6. The Hall–Kier alpha value is -3.19. The Balaban J connectivity index is 1.78. The number of carbonyl (C=O) groups excluding carboxylic acids is 1. The van der Waals surface area contributed by atoms with Gasteiger partial charge in [0.2, 0.25) is 5.13 Å². The van der Waals surface area contributed by atoms with Crippen LogP contribution in [0.2, 0.25) is 0 Å². The van der Waals surface area contributed by atoms with Crippen molar-refractivity contribution in [2.75, 3.05) is 17.3 Å². The van der Waals surface area contributed by atoms with E-state index in [2.05, 4.69) is 53.7 Å². The van der Waals surface area contributed by atoms with Gasteiger partial charge in [0.25, 0.3) is 0 Å². The standard InChI is InChI=1S/C24H28N4O2S/c1-6-30-23(29)27-21-20(18-11-7-16(2)8-12-18)26-22(31-21)28-25-15-17-9-13-19(14-10-17)24(3,4)5/h7-15H,6H2,1-5H3,(H,26,28)(H,27,29)/b25-15-. The van der Waals surface area contributed by atoms with E-state index in [9.17, 15) is 4.79 Å². The molecule has 0 bridgehead atoms. The van der Waals surface area contributed by atoms with Gasteiger partial charge in [-0.3, -0.25) is 10.7 Å². The number of hydrogen-bond donors (Lipinski definition) is 2. The van der Waals surface area contributed by atoms with E-state index >= 15 is 0 Å². The van der Waals surface area contributed by atoms with Gasteiger partial charge in [-0.1, -0.05) is 86.2 Å². The molecule has 0 atom stereocenters. The molecule has 7 heteroatoms. The van der Waals surface area contributed by atoms with Crippen molar-refractivity contribution in [2.45, 2.75) is 40.0 Å². The number of carbonyl (C=O) groups is 1. The van der Waals surface area contributed by atoms with Crippen molar-refractivity contribution in [1.82, 2.24) is 4.98 Å². The first-order valence-corrected chi connectivity index (χ1v) is 11.0. The molecule has 0 radical (unpaired) electrons. The summed E-state index contributed by atoms with van der Waals surface area (Å²) in [5.74, 6) is 0. The van der Waals surface area contributed by atoms with Crippen molar-refractivity contribution in [3.05, 3.63) is 65.2 Å². The average Bonchev–Trinajstić information content (AvgIpc) is 3.11. The van der Waals surface area contributed by atoms with Crippen molar-refractivity contribution in [3.63, 3.8) is 0 Å². The normalized spacial score (nSPS) is 11.5. The molecule has 1 aromatic heterocycles. The third-order valence-electron chi connectivity index (χ3n) is 4.59. The van der Waals surface area contributed by atoms with Crippen LogP contribution in [-0.2, 0) is 10.2 Å². The molecule has 0 aliphatic carbocycles. The van der Waals surface area contributed by atoms with E-state index < -0.39 is 6.09 Å². The Kier molecular flexibility index (Phi) is 7.07. The molecular formula is C24H28N4O2S. The Bertz CT molecular complexity index is 1050. The number of anilines is 2. The molecule has 0 saturated carbocycles. The molecule has 0 saturated heterocycles. The first kappa shape index (κ1) is 22.5. The first-order valence-electron chi connectivity index (χ1n) is 10.2. The van der Waals surface area contributed by atoms with E-state index in [1.165, 1.54) is 16.9 Å². The Labute approximate surface area is 187 Å². The number of nitrogens with zero attached hydrogens (tertiary/aromatic N) is 2. The second-order valence-corrected chi connectivity index (χ2v) is 9.15. The van der Waals surface area contributed by atoms with Gasteiger partial charge in [-0.15, -0.1) is 0 Å². The van der Waals surface area contributed by atoms with E-state index in [-0.39, 0.29) is 5.41 Å². The highest BCUT2D eigenvalue weighted by molar-refractivity contribution is 7.20. The largest absolute Gasteiger partial charge is 0.450 e. The molecular weight excluding hydrogens is 408 g/mol. The summed E-state index contributed by atoms with van der Waals surface area (Å²) in [5, 5.41) is 8.27. The quantitative estimate of drug-likeness (QED) is 0.345. The van der Waals surface area contributed by atoms with Gasteiger partial charge in [0.1, 0.15) is 10.7 Å². The van der Waals surface area contributed by atoms with Gasteiger partial charge in [-0.25, -0.2) is 9.78 Å². The number of aromatic nitrogens is 1. The van der Waals surface area contributed by atoms with Crippen LogP contribution < -0.4 is 10.7 Å². The summed E-state index contributed by atoms with van der Waals surface area (Å²) < 4.78 is 5.02. The van der Waals surface area contributed by atoms with Crippen molar-refractivity contribution in [2.24, 2.45) is 5.10 Å². The van der Waals surface area contributed by atoms with Crippen LogP contribution in [0.3, 0.4) is 0 Å². The number of ether oxygens (including phenoxy) is 1. The maximum Gasteiger partial charge on any atom is 0.412 e. The molecule has 2 N–H and O–H groups in total. The number of aryl methyl sites for hydroxylation is 1. The van der Waals surface area contributed by atoms with Gasteiger partial charge < -0.3 is 4.74 Å². The summed E-state index contributed by atoms with van der Waals surface area (Å²) in [4.78, 5) is 16.6. The van der Waals surface area contributed by atoms with Crippen molar-refractivity contribution < 1.29 is 9.53 Å². The van der Waals surface area contributed by atoms with Crippen LogP contribution in [0.1, 0.15) is 44.4 Å². The molecule has 162 valence electrons. The minimum atomic E-state index is -0.506. The zero-order chi connectivity index (χ0) is 22.4. The SMILES string of the molecule is CCOC(=O)Nc1sc(N/N=C\c2ccc(C(C)(C)C)cc2)nc1-c1ccc(C)cc1. The summed E-state index contributed by atoms with van der Waals surface area (Å²) in [6.07, 6.45) is 1.24. The summed E-state index contributed by atoms with van der Waals surface area (Å²) in [5.41, 5.74) is 8.07. The van der Waals surface area contributed by atoms with Crippen LogP contribution in [0.5, 0.6) is 0 Å². The lowest BCUT2D eigenvalue weighted by molar-refractivity contribution is 0.168. The summed E-state index contributed by atoms with van der Waals surface area (Å²) in [6, 6.07) is 16.3. The van der Waals surface area contributed by atoms with E-state index in [1.807, 2.05) is 43.3 Å². The predicted molar refractivity (Wildman–Crippen MR) is 129 cm³/mol. The van der Waals surface area contributed by atoms with Gasteiger partial charge in [-0.05, 0) is 30.4 Å². The molecule has 0 spiro atoms. The van der Waals surface area contributed by atoms with Crippen molar-refractivity contribution in [3.8, 4) is 11.3 Å². The first-order chi connectivity index (χ1) is 14.8. The molecule has 0 fully saturated rings. The van der Waals surface area contributed by atoms with Crippen molar-refractivity contribution in [1.29, 1.82) is 0 Å². The second kappa shape index (κ2) is 9.75. The molecule has 0 aliphatic rings. The van der Waals surface area contributed by atoms with Crippen LogP contribution in [-0.4, -0.2) is 23.9 Å². The fourth-order valence-electron chi connectivity index (χ4n) is 2.85. The van der Waals surface area contributed by atoms with Crippen LogP contribution >= 0.6 is 11.3 Å². The zero-order valence-electron chi connectivity index (χ0n) is 18.5. The maximum atomic E-state index is 12.0. The molecule has 2 aromatic carbocycles. The van der Waals surface area contributed by atoms with E-state index in [0.29, 0.717) is 22.4 Å². The third kappa shape index (κ3) is 6.15. The summed E-state index contributed by atoms with van der Waals surface area (Å²) in [7, 11) is 0. The topological polar surface area (TPSA) is 75.6 Å². The lowest BCUT2D eigenvalue weighted by Crippen LogP contribution is -2.12. The monoisotopic (exact) mass is 436 g/mol. The van der Waals surface area contributed by atoms with E-state index in [0.717, 1.165) is 16.7 Å². The van der Waals surface area contributed by atoms with Crippen molar-refractivity contribution >= 4 is 33.8 Å². The van der Waals surface area contributed by atoms with Gasteiger partial charge in [0.05, 0.1) is 12.8 Å². The minimum absolute atomic E-state index is 0.115. The third-order valence-corrected chi connectivity index (χ3v) is 5.47. The van der Waals surface area contributed by atoms with E-state index in [4.69, 9.17) is 4.74 Å². The maximum absolute atomic E-state index is 12.0. The highest BCUT2D eigenvalue weighted by Gasteiger charge is 2.16. The van der Waals surface area contributed by atoms with Crippen LogP contribution in [0.4, 0.5) is 14.9 Å². The molecule has 3 aromatic rings. The van der Waals surface area contributed by atoms with Crippen LogP contribution in [0.15, 0.2) is 53.6 Å². The van der Waals surface area contributed by atoms with Crippen LogP contribution in [0, 0.1) is 6.92 Å². The summed E-state index contributed by atoms with van der Waals surface area (Å²) >= 11 is 1.31. The number of thiazole rings is 1. The molecule has 1 heterocycles. The van der Waals surface area contributed by atoms with Gasteiger partial charge >= 0.3 is 6.09 Å². The molecule has 1 amide bonds. The molecule has 0 aliphatic heterocycles. The molecule has 3 rings (SSSR count). The Morgan fingerprint density at radius 2 is 1.81 bits per heavy atom. The lowest BCUT2D eigenvalue weighted by Gasteiger charge is -2.18. The second-order valence-electron chi connectivity index (χ2n) is 8.15.